The first-order valence-electron chi connectivity index (χ1n) is 8.11. The molecule has 3 rings (SSSR count). The first kappa shape index (κ1) is 16.9. The number of guanidine groups is 1. The zero-order valence-corrected chi connectivity index (χ0v) is 14.4. The van der Waals surface area contributed by atoms with Crippen LogP contribution in [0, 0.1) is 0 Å². The smallest absolute Gasteiger partial charge is 0.225 e. The highest BCUT2D eigenvalue weighted by Crippen LogP contribution is 2.12. The molecule has 0 amide bonds. The molecule has 24 heavy (non-hydrogen) atoms. The molecule has 1 aromatic rings. The lowest BCUT2D eigenvalue weighted by atomic mass is 10.3. The SMILES string of the molecule is NC(=NCCN1CCCS1(=O)=O)N1CCN(c2ncccn2)CC1. The maximum Gasteiger partial charge on any atom is 0.225 e. The number of aliphatic imine (C=N–C) groups is 1. The lowest BCUT2D eigenvalue weighted by Crippen LogP contribution is -2.51. The third-order valence-corrected chi connectivity index (χ3v) is 6.22. The van der Waals surface area contributed by atoms with Gasteiger partial charge in [0.25, 0.3) is 0 Å². The van der Waals surface area contributed by atoms with Crippen molar-refractivity contribution < 1.29 is 8.42 Å². The van der Waals surface area contributed by atoms with E-state index in [-0.39, 0.29) is 5.75 Å². The Bertz CT molecular complexity index is 672. The summed E-state index contributed by atoms with van der Waals surface area (Å²) in [4.78, 5) is 17.0. The predicted octanol–water partition coefficient (Wildman–Crippen LogP) is -1.05. The Balaban J connectivity index is 1.47. The number of anilines is 1. The molecule has 2 aliphatic heterocycles. The van der Waals surface area contributed by atoms with E-state index in [9.17, 15) is 8.42 Å². The minimum absolute atomic E-state index is 0.246. The molecule has 0 bridgehead atoms. The highest BCUT2D eigenvalue weighted by Gasteiger charge is 2.27. The summed E-state index contributed by atoms with van der Waals surface area (Å²) in [6.07, 6.45) is 4.17. The Morgan fingerprint density at radius 1 is 1.17 bits per heavy atom. The van der Waals surface area contributed by atoms with E-state index in [1.807, 2.05) is 4.90 Å². The number of hydrogen-bond acceptors (Lipinski definition) is 6. The van der Waals surface area contributed by atoms with Crippen molar-refractivity contribution in [2.45, 2.75) is 6.42 Å². The minimum atomic E-state index is -3.06. The molecule has 0 aliphatic carbocycles. The molecule has 132 valence electrons. The van der Waals surface area contributed by atoms with E-state index in [1.165, 1.54) is 4.31 Å². The van der Waals surface area contributed by atoms with Crippen LogP contribution in [0.25, 0.3) is 0 Å². The van der Waals surface area contributed by atoms with Crippen LogP contribution in [0.15, 0.2) is 23.5 Å². The van der Waals surface area contributed by atoms with Crippen molar-refractivity contribution in [3.8, 4) is 0 Å². The molecule has 2 saturated heterocycles. The fraction of sp³-hybridized carbons (Fsp3) is 0.643. The van der Waals surface area contributed by atoms with Gasteiger partial charge in [0.1, 0.15) is 0 Å². The summed E-state index contributed by atoms with van der Waals surface area (Å²) in [6.45, 7) is 4.44. The molecule has 0 aromatic carbocycles. The van der Waals surface area contributed by atoms with Gasteiger partial charge in [0.05, 0.1) is 12.3 Å². The van der Waals surface area contributed by atoms with Gasteiger partial charge >= 0.3 is 0 Å². The van der Waals surface area contributed by atoms with Crippen LogP contribution < -0.4 is 10.6 Å². The van der Waals surface area contributed by atoms with Crippen LogP contribution in [0.1, 0.15) is 6.42 Å². The fourth-order valence-electron chi connectivity index (χ4n) is 2.91. The largest absolute Gasteiger partial charge is 0.370 e. The second kappa shape index (κ2) is 7.31. The summed E-state index contributed by atoms with van der Waals surface area (Å²) in [5, 5.41) is 0. The Morgan fingerprint density at radius 3 is 2.50 bits per heavy atom. The quantitative estimate of drug-likeness (QED) is 0.543. The van der Waals surface area contributed by atoms with Gasteiger partial charge in [-0.3, -0.25) is 4.99 Å². The van der Waals surface area contributed by atoms with Crippen molar-refractivity contribution in [2.75, 3.05) is 56.5 Å². The van der Waals surface area contributed by atoms with Crippen molar-refractivity contribution in [2.24, 2.45) is 10.7 Å². The average molecular weight is 353 g/mol. The van der Waals surface area contributed by atoms with E-state index in [1.54, 1.807) is 18.5 Å². The number of nitrogens with zero attached hydrogens (tertiary/aromatic N) is 6. The highest BCUT2D eigenvalue weighted by atomic mass is 32.2. The lowest BCUT2D eigenvalue weighted by molar-refractivity contribution is 0.377. The fourth-order valence-corrected chi connectivity index (χ4v) is 4.43. The molecule has 0 unspecified atom stereocenters. The highest BCUT2D eigenvalue weighted by molar-refractivity contribution is 7.89. The summed E-state index contributed by atoms with van der Waals surface area (Å²) in [7, 11) is -3.06. The maximum absolute atomic E-state index is 11.7. The third kappa shape index (κ3) is 3.93. The maximum atomic E-state index is 11.7. The Labute approximate surface area is 142 Å². The van der Waals surface area contributed by atoms with E-state index in [4.69, 9.17) is 5.73 Å². The van der Waals surface area contributed by atoms with Crippen molar-refractivity contribution in [3.63, 3.8) is 0 Å². The number of rotatable bonds is 4. The van der Waals surface area contributed by atoms with Crippen molar-refractivity contribution in [3.05, 3.63) is 18.5 Å². The molecule has 0 saturated carbocycles. The number of piperazine rings is 1. The molecule has 3 heterocycles. The molecule has 10 heteroatoms. The van der Waals surface area contributed by atoms with Gasteiger partial charge in [-0.25, -0.2) is 22.7 Å². The summed E-state index contributed by atoms with van der Waals surface area (Å²) in [6, 6.07) is 1.80. The van der Waals surface area contributed by atoms with Crippen LogP contribution in [-0.4, -0.2) is 85.1 Å². The zero-order valence-electron chi connectivity index (χ0n) is 13.6. The van der Waals surface area contributed by atoms with Crippen molar-refractivity contribution in [1.82, 2.24) is 19.2 Å². The van der Waals surface area contributed by atoms with Crippen molar-refractivity contribution >= 4 is 21.9 Å². The van der Waals surface area contributed by atoms with Gasteiger partial charge in [-0.15, -0.1) is 0 Å². The van der Waals surface area contributed by atoms with Crippen LogP contribution in [0.5, 0.6) is 0 Å². The Kier molecular flexibility index (Phi) is 5.14. The number of hydrogen-bond donors (Lipinski definition) is 1. The monoisotopic (exact) mass is 353 g/mol. The average Bonchev–Trinajstić information content (AvgIpc) is 2.94. The van der Waals surface area contributed by atoms with Crippen LogP contribution in [-0.2, 0) is 10.0 Å². The number of sulfonamides is 1. The molecule has 2 fully saturated rings. The Hall–Kier alpha value is -1.94. The second-order valence-corrected chi connectivity index (χ2v) is 7.92. The molecule has 0 radical (unpaired) electrons. The van der Waals surface area contributed by atoms with Crippen molar-refractivity contribution in [1.29, 1.82) is 0 Å². The molecule has 0 atom stereocenters. The van der Waals surface area contributed by atoms with Crippen LogP contribution in [0.3, 0.4) is 0 Å². The van der Waals surface area contributed by atoms with E-state index in [0.29, 0.717) is 32.0 Å². The van der Waals surface area contributed by atoms with E-state index < -0.39 is 10.0 Å². The molecule has 2 N–H and O–H groups in total. The first-order valence-corrected chi connectivity index (χ1v) is 9.72. The third-order valence-electron chi connectivity index (χ3n) is 4.27. The number of nitrogens with two attached hydrogens (primary N) is 1. The van der Waals surface area contributed by atoms with Gasteiger partial charge in [-0.2, -0.15) is 0 Å². The normalized spacial score (nSPS) is 22.1. The minimum Gasteiger partial charge on any atom is -0.370 e. The van der Waals surface area contributed by atoms with Gasteiger partial charge < -0.3 is 15.5 Å². The summed E-state index contributed by atoms with van der Waals surface area (Å²) in [5.41, 5.74) is 6.04. The molecule has 9 nitrogen and oxygen atoms in total. The van der Waals surface area contributed by atoms with Crippen LogP contribution in [0.2, 0.25) is 0 Å². The zero-order chi connectivity index (χ0) is 17.0. The molecule has 2 aliphatic rings. The summed E-state index contributed by atoms with van der Waals surface area (Å²) < 4.78 is 25.0. The summed E-state index contributed by atoms with van der Waals surface area (Å²) in [5.74, 6) is 1.45. The van der Waals surface area contributed by atoms with Crippen LogP contribution in [0.4, 0.5) is 5.95 Å². The van der Waals surface area contributed by atoms with Gasteiger partial charge in [0, 0.05) is 51.7 Å². The van der Waals surface area contributed by atoms with E-state index in [2.05, 4.69) is 19.9 Å². The molecule has 1 aromatic heterocycles. The van der Waals surface area contributed by atoms with Gasteiger partial charge in [-0.1, -0.05) is 0 Å². The van der Waals surface area contributed by atoms with Gasteiger partial charge in [-0.05, 0) is 12.5 Å². The lowest BCUT2D eigenvalue weighted by Gasteiger charge is -2.35. The first-order chi connectivity index (χ1) is 11.6. The topological polar surface area (TPSA) is 108 Å². The van der Waals surface area contributed by atoms with E-state index >= 15 is 0 Å². The van der Waals surface area contributed by atoms with Gasteiger partial charge in [0.2, 0.25) is 16.0 Å². The molecule has 0 spiro atoms. The number of aromatic nitrogens is 2. The molecular weight excluding hydrogens is 330 g/mol. The summed E-state index contributed by atoms with van der Waals surface area (Å²) >= 11 is 0. The standard InChI is InChI=1S/C14H23N7O2S/c15-13(16-5-7-21-6-2-12-24(21,22)23)19-8-10-20(11-9-19)14-17-3-1-4-18-14/h1,3-4H,2,5-12H2,(H2,15,16). The van der Waals surface area contributed by atoms with Gasteiger partial charge in [0.15, 0.2) is 5.96 Å². The molecular formula is C14H23N7O2S. The van der Waals surface area contributed by atoms with E-state index in [0.717, 1.165) is 32.1 Å². The Morgan fingerprint density at radius 2 is 1.88 bits per heavy atom. The van der Waals surface area contributed by atoms with Crippen LogP contribution >= 0.6 is 0 Å². The second-order valence-electron chi connectivity index (χ2n) is 5.83. The predicted molar refractivity (Wildman–Crippen MR) is 92.3 cm³/mol.